The maximum absolute atomic E-state index is 11.3. The molecule has 100 valence electrons. The smallest absolute Gasteiger partial charge is 0.237 e. The summed E-state index contributed by atoms with van der Waals surface area (Å²) in [6, 6.07) is 7.23. The molecule has 0 saturated heterocycles. The fraction of sp³-hybridized carbons (Fsp3) is 0.273. The highest BCUT2D eigenvalue weighted by molar-refractivity contribution is 5.85. The minimum atomic E-state index is -0.496. The van der Waals surface area contributed by atoms with Gasteiger partial charge in [-0.15, -0.1) is 24.8 Å². The lowest BCUT2D eigenvalue weighted by molar-refractivity contribution is -0.122. The number of amides is 1. The molecule has 0 aliphatic carbocycles. The molecule has 4 N–H and O–H groups in total. The van der Waals surface area contributed by atoms with Gasteiger partial charge < -0.3 is 16.0 Å². The number of aromatic amines is 1. The zero-order chi connectivity index (χ0) is 11.5. The molecule has 0 radical (unpaired) electrons. The van der Waals surface area contributed by atoms with Gasteiger partial charge >= 0.3 is 0 Å². The Morgan fingerprint density at radius 2 is 2.11 bits per heavy atom. The first-order valence-electron chi connectivity index (χ1n) is 5.14. The number of benzene rings is 1. The molecule has 0 aliphatic heterocycles. The van der Waals surface area contributed by atoms with Crippen molar-refractivity contribution < 1.29 is 4.79 Å². The van der Waals surface area contributed by atoms with Gasteiger partial charge in [0.1, 0.15) is 5.82 Å². The van der Waals surface area contributed by atoms with E-state index in [9.17, 15) is 4.79 Å². The average Bonchev–Trinajstić information content (AvgIpc) is 2.68. The van der Waals surface area contributed by atoms with E-state index < -0.39 is 6.04 Å². The van der Waals surface area contributed by atoms with Crippen molar-refractivity contribution in [1.29, 1.82) is 0 Å². The first-order valence-corrected chi connectivity index (χ1v) is 5.14. The Morgan fingerprint density at radius 1 is 1.44 bits per heavy atom. The monoisotopic (exact) mass is 290 g/mol. The summed E-state index contributed by atoms with van der Waals surface area (Å²) in [6.07, 6.45) is 0. The molecule has 0 fully saturated rings. The van der Waals surface area contributed by atoms with Crippen LogP contribution in [-0.4, -0.2) is 21.9 Å². The van der Waals surface area contributed by atoms with Crippen LogP contribution in [0, 0.1) is 0 Å². The highest BCUT2D eigenvalue weighted by Gasteiger charge is 2.07. The molecule has 1 amide bonds. The van der Waals surface area contributed by atoms with Crippen LogP contribution in [0.4, 0.5) is 0 Å². The largest absolute Gasteiger partial charge is 0.348 e. The van der Waals surface area contributed by atoms with Gasteiger partial charge in [-0.1, -0.05) is 12.1 Å². The Kier molecular flexibility index (Phi) is 6.68. The summed E-state index contributed by atoms with van der Waals surface area (Å²) in [6.45, 7) is 2.02. The molecule has 7 heteroatoms. The molecule has 5 nitrogen and oxygen atoms in total. The molecule has 1 heterocycles. The van der Waals surface area contributed by atoms with Gasteiger partial charge in [-0.2, -0.15) is 0 Å². The molecule has 0 spiro atoms. The molecule has 1 aromatic heterocycles. The second kappa shape index (κ2) is 7.20. The Labute approximate surface area is 117 Å². The normalized spacial score (nSPS) is 11.2. The zero-order valence-electron chi connectivity index (χ0n) is 9.84. The van der Waals surface area contributed by atoms with Gasteiger partial charge in [0.15, 0.2) is 0 Å². The van der Waals surface area contributed by atoms with E-state index in [2.05, 4.69) is 15.3 Å². The van der Waals surface area contributed by atoms with E-state index in [-0.39, 0.29) is 30.7 Å². The fourth-order valence-corrected chi connectivity index (χ4v) is 1.42. The van der Waals surface area contributed by atoms with Gasteiger partial charge in [-0.25, -0.2) is 4.98 Å². The minimum Gasteiger partial charge on any atom is -0.348 e. The molecule has 0 saturated carbocycles. The first-order chi connectivity index (χ1) is 7.66. The number of nitrogens with two attached hydrogens (primary N) is 1. The van der Waals surface area contributed by atoms with Crippen molar-refractivity contribution in [1.82, 2.24) is 15.3 Å². The predicted octanol–water partition coefficient (Wildman–Crippen LogP) is 1.37. The molecule has 0 unspecified atom stereocenters. The van der Waals surface area contributed by atoms with Crippen molar-refractivity contribution in [3.63, 3.8) is 0 Å². The van der Waals surface area contributed by atoms with Crippen LogP contribution in [0.2, 0.25) is 0 Å². The van der Waals surface area contributed by atoms with Gasteiger partial charge in [-0.3, -0.25) is 4.79 Å². The predicted molar refractivity (Wildman–Crippen MR) is 76.1 cm³/mol. The Hall–Kier alpha value is -1.30. The minimum absolute atomic E-state index is 0. The third kappa shape index (κ3) is 3.87. The molecule has 2 rings (SSSR count). The highest BCUT2D eigenvalue weighted by atomic mass is 35.5. The van der Waals surface area contributed by atoms with Crippen molar-refractivity contribution in [2.24, 2.45) is 5.73 Å². The van der Waals surface area contributed by atoms with Gasteiger partial charge in [0.05, 0.1) is 23.6 Å². The molecule has 2 aromatic rings. The molecular weight excluding hydrogens is 275 g/mol. The highest BCUT2D eigenvalue weighted by Crippen LogP contribution is 2.09. The van der Waals surface area contributed by atoms with E-state index in [1.54, 1.807) is 6.92 Å². The quantitative estimate of drug-likeness (QED) is 0.798. The van der Waals surface area contributed by atoms with Crippen molar-refractivity contribution in [2.45, 2.75) is 19.5 Å². The number of carbonyl (C=O) groups is 1. The SMILES string of the molecule is C[C@@H](N)C(=O)NCc1nc2ccccc2[nH]1.Cl.Cl. The van der Waals surface area contributed by atoms with E-state index in [0.29, 0.717) is 6.54 Å². The van der Waals surface area contributed by atoms with Crippen LogP contribution >= 0.6 is 24.8 Å². The van der Waals surface area contributed by atoms with Gasteiger partial charge in [-0.05, 0) is 19.1 Å². The van der Waals surface area contributed by atoms with Crippen LogP contribution in [0.15, 0.2) is 24.3 Å². The Balaban J connectivity index is 0.00000144. The van der Waals surface area contributed by atoms with E-state index in [1.807, 2.05) is 24.3 Å². The third-order valence-electron chi connectivity index (χ3n) is 2.28. The van der Waals surface area contributed by atoms with E-state index in [4.69, 9.17) is 5.73 Å². The van der Waals surface area contributed by atoms with Crippen LogP contribution < -0.4 is 11.1 Å². The summed E-state index contributed by atoms with van der Waals surface area (Å²) in [5.74, 6) is 0.552. The lowest BCUT2D eigenvalue weighted by Crippen LogP contribution is -2.38. The summed E-state index contributed by atoms with van der Waals surface area (Å²) in [5, 5.41) is 2.70. The summed E-state index contributed by atoms with van der Waals surface area (Å²) in [7, 11) is 0. The van der Waals surface area contributed by atoms with Crippen LogP contribution in [0.3, 0.4) is 0 Å². The molecule has 1 aromatic carbocycles. The molecule has 0 bridgehead atoms. The molecule has 18 heavy (non-hydrogen) atoms. The van der Waals surface area contributed by atoms with Crippen LogP contribution in [0.5, 0.6) is 0 Å². The molecule has 1 atom stereocenters. The number of nitrogens with one attached hydrogen (secondary N) is 2. The maximum atomic E-state index is 11.3. The number of rotatable bonds is 3. The van der Waals surface area contributed by atoms with Crippen molar-refractivity contribution in [3.8, 4) is 0 Å². The lowest BCUT2D eigenvalue weighted by Gasteiger charge is -2.05. The number of hydrogen-bond acceptors (Lipinski definition) is 3. The molecule has 0 aliphatic rings. The molecular formula is C11H16Cl2N4O. The van der Waals surface area contributed by atoms with E-state index in [0.717, 1.165) is 16.9 Å². The number of hydrogen-bond donors (Lipinski definition) is 3. The average molecular weight is 291 g/mol. The number of halogens is 2. The lowest BCUT2D eigenvalue weighted by atomic mass is 10.3. The Bertz CT molecular complexity index is 479. The van der Waals surface area contributed by atoms with Gasteiger partial charge in [0, 0.05) is 0 Å². The number of para-hydroxylation sites is 2. The van der Waals surface area contributed by atoms with Crippen LogP contribution in [0.1, 0.15) is 12.7 Å². The van der Waals surface area contributed by atoms with Crippen molar-refractivity contribution in [2.75, 3.05) is 0 Å². The number of H-pyrrole nitrogens is 1. The Morgan fingerprint density at radius 3 is 2.72 bits per heavy atom. The second-order valence-electron chi connectivity index (χ2n) is 3.71. The van der Waals surface area contributed by atoms with Crippen LogP contribution in [-0.2, 0) is 11.3 Å². The second-order valence-corrected chi connectivity index (χ2v) is 3.71. The van der Waals surface area contributed by atoms with Crippen molar-refractivity contribution >= 4 is 41.8 Å². The number of imidazole rings is 1. The third-order valence-corrected chi connectivity index (χ3v) is 2.28. The van der Waals surface area contributed by atoms with Gasteiger partial charge in [0.25, 0.3) is 0 Å². The van der Waals surface area contributed by atoms with Crippen LogP contribution in [0.25, 0.3) is 11.0 Å². The number of carbonyl (C=O) groups excluding carboxylic acids is 1. The fourth-order valence-electron chi connectivity index (χ4n) is 1.42. The summed E-state index contributed by atoms with van der Waals surface area (Å²) in [5.41, 5.74) is 7.29. The maximum Gasteiger partial charge on any atom is 0.237 e. The number of fused-ring (bicyclic) bond motifs is 1. The standard InChI is InChI=1S/C11H14N4O.2ClH/c1-7(12)11(16)13-6-10-14-8-4-2-3-5-9(8)15-10;;/h2-5,7H,6,12H2,1H3,(H,13,16)(H,14,15);2*1H/t7-;;/m1../s1. The van der Waals surface area contributed by atoms with Gasteiger partial charge in [0.2, 0.25) is 5.91 Å². The van der Waals surface area contributed by atoms with Crippen molar-refractivity contribution in [3.05, 3.63) is 30.1 Å². The summed E-state index contributed by atoms with van der Waals surface area (Å²) >= 11 is 0. The zero-order valence-corrected chi connectivity index (χ0v) is 11.5. The topological polar surface area (TPSA) is 83.8 Å². The first kappa shape index (κ1) is 16.7. The number of nitrogens with zero attached hydrogens (tertiary/aromatic N) is 1. The summed E-state index contributed by atoms with van der Waals surface area (Å²) < 4.78 is 0. The van der Waals surface area contributed by atoms with E-state index in [1.165, 1.54) is 0 Å². The summed E-state index contributed by atoms with van der Waals surface area (Å²) in [4.78, 5) is 18.7. The number of aromatic nitrogens is 2. The van der Waals surface area contributed by atoms with E-state index >= 15 is 0 Å².